The first-order valence-corrected chi connectivity index (χ1v) is 4.84. The normalized spacial score (nSPS) is 10.4. The van der Waals surface area contributed by atoms with Crippen LogP contribution in [0.1, 0.15) is 5.69 Å². The van der Waals surface area contributed by atoms with Gasteiger partial charge in [-0.25, -0.2) is 4.98 Å². The summed E-state index contributed by atoms with van der Waals surface area (Å²) >= 11 is 6.05. The number of rotatable bonds is 2. The van der Waals surface area contributed by atoms with E-state index < -0.39 is 0 Å². The van der Waals surface area contributed by atoms with E-state index in [1.54, 1.807) is 0 Å². The molecule has 0 radical (unpaired) electrons. The lowest BCUT2D eigenvalue weighted by molar-refractivity contribution is 1.13. The van der Waals surface area contributed by atoms with Crippen molar-refractivity contribution in [2.45, 2.75) is 6.42 Å². The highest BCUT2D eigenvalue weighted by atomic mass is 35.5. The molecular weight excluding hydrogens is 194 g/mol. The summed E-state index contributed by atoms with van der Waals surface area (Å²) < 4.78 is 0. The predicted octanol–water partition coefficient (Wildman–Crippen LogP) is 3.62. The molecule has 2 rings (SSSR count). The van der Waals surface area contributed by atoms with Gasteiger partial charge in [0.25, 0.3) is 0 Å². The largest absolute Gasteiger partial charge is 0.240 e. The van der Waals surface area contributed by atoms with Gasteiger partial charge in [0, 0.05) is 17.5 Å². The van der Waals surface area contributed by atoms with Gasteiger partial charge in [-0.05, 0) is 11.5 Å². The fourth-order valence-electron chi connectivity index (χ4n) is 1.46. The molecule has 70 valence electrons. The number of halogens is 1. The second-order valence-electron chi connectivity index (χ2n) is 3.12. The monoisotopic (exact) mass is 203 g/mol. The first-order valence-electron chi connectivity index (χ1n) is 4.46. The minimum Gasteiger partial charge on any atom is -0.240 e. The van der Waals surface area contributed by atoms with E-state index in [-0.39, 0.29) is 0 Å². The Hall–Kier alpha value is -1.34. The molecule has 1 aromatic heterocycles. The van der Waals surface area contributed by atoms with Gasteiger partial charge in [-0.1, -0.05) is 41.9 Å². The fraction of sp³-hybridized carbons (Fsp3) is 0.0833. The second kappa shape index (κ2) is 3.81. The number of aromatic nitrogens is 1. The number of hydrogen-bond donors (Lipinski definition) is 0. The Morgan fingerprint density at radius 2 is 2.14 bits per heavy atom. The van der Waals surface area contributed by atoms with Crippen LogP contribution in [0.5, 0.6) is 0 Å². The zero-order valence-corrected chi connectivity index (χ0v) is 8.46. The maximum absolute atomic E-state index is 6.05. The number of pyridine rings is 1. The maximum atomic E-state index is 6.05. The Morgan fingerprint density at radius 1 is 1.36 bits per heavy atom. The van der Waals surface area contributed by atoms with Crippen molar-refractivity contribution in [3.05, 3.63) is 53.8 Å². The molecule has 0 aliphatic carbocycles. The predicted molar refractivity (Wildman–Crippen MR) is 60.7 cm³/mol. The van der Waals surface area contributed by atoms with E-state index in [0.29, 0.717) is 5.15 Å². The van der Waals surface area contributed by atoms with Crippen LogP contribution in [0.15, 0.2) is 43.0 Å². The molecule has 1 aromatic carbocycles. The van der Waals surface area contributed by atoms with E-state index in [4.69, 9.17) is 11.6 Å². The third kappa shape index (κ3) is 1.64. The smallest absolute Gasteiger partial charge is 0.137 e. The summed E-state index contributed by atoms with van der Waals surface area (Å²) in [5.74, 6) is 0. The van der Waals surface area contributed by atoms with Crippen molar-refractivity contribution in [3.8, 4) is 0 Å². The molecule has 0 spiro atoms. The third-order valence-electron chi connectivity index (χ3n) is 2.10. The van der Waals surface area contributed by atoms with Crippen LogP contribution in [0.2, 0.25) is 5.15 Å². The Balaban J connectivity index is 2.65. The van der Waals surface area contributed by atoms with Gasteiger partial charge in [0.15, 0.2) is 0 Å². The molecule has 1 heterocycles. The van der Waals surface area contributed by atoms with Crippen LogP contribution in [0.4, 0.5) is 0 Å². The molecule has 0 unspecified atom stereocenters. The van der Waals surface area contributed by atoms with Crippen LogP contribution >= 0.6 is 11.6 Å². The minimum absolute atomic E-state index is 0.569. The van der Waals surface area contributed by atoms with Crippen molar-refractivity contribution in [3.63, 3.8) is 0 Å². The van der Waals surface area contributed by atoms with E-state index in [1.807, 2.05) is 36.4 Å². The molecule has 2 aromatic rings. The molecule has 0 saturated heterocycles. The van der Waals surface area contributed by atoms with E-state index >= 15 is 0 Å². The molecule has 0 N–H and O–H groups in total. The van der Waals surface area contributed by atoms with Crippen LogP contribution in [0.25, 0.3) is 10.8 Å². The maximum Gasteiger partial charge on any atom is 0.137 e. The van der Waals surface area contributed by atoms with Crippen LogP contribution in [-0.2, 0) is 6.42 Å². The quantitative estimate of drug-likeness (QED) is 0.537. The van der Waals surface area contributed by atoms with Crippen molar-refractivity contribution in [2.75, 3.05) is 0 Å². The van der Waals surface area contributed by atoms with Gasteiger partial charge in [0.2, 0.25) is 0 Å². The molecule has 2 heteroatoms. The summed E-state index contributed by atoms with van der Waals surface area (Å²) in [5, 5.41) is 2.70. The number of hydrogen-bond acceptors (Lipinski definition) is 1. The van der Waals surface area contributed by atoms with Crippen molar-refractivity contribution in [2.24, 2.45) is 0 Å². The Bertz CT molecular complexity index is 477. The van der Waals surface area contributed by atoms with Gasteiger partial charge in [-0.3, -0.25) is 0 Å². The zero-order chi connectivity index (χ0) is 9.97. The molecule has 1 nitrogen and oxygen atoms in total. The molecule has 14 heavy (non-hydrogen) atoms. The first kappa shape index (κ1) is 9.22. The minimum atomic E-state index is 0.569. The molecule has 0 atom stereocenters. The SMILES string of the molecule is C=CCc1cc2ccccc2c(Cl)n1. The highest BCUT2D eigenvalue weighted by molar-refractivity contribution is 6.34. The molecule has 0 fully saturated rings. The molecule has 0 aliphatic heterocycles. The highest BCUT2D eigenvalue weighted by Gasteiger charge is 2.01. The zero-order valence-electron chi connectivity index (χ0n) is 7.70. The second-order valence-corrected chi connectivity index (χ2v) is 3.48. The average Bonchev–Trinajstić information content (AvgIpc) is 2.18. The Morgan fingerprint density at radius 3 is 2.93 bits per heavy atom. The van der Waals surface area contributed by atoms with Gasteiger partial charge >= 0.3 is 0 Å². The van der Waals surface area contributed by atoms with E-state index in [0.717, 1.165) is 22.9 Å². The van der Waals surface area contributed by atoms with Gasteiger partial charge in [-0.2, -0.15) is 0 Å². The lowest BCUT2D eigenvalue weighted by Crippen LogP contribution is -1.88. The number of benzene rings is 1. The molecular formula is C12H10ClN. The Kier molecular flexibility index (Phi) is 2.51. The first-order chi connectivity index (χ1) is 6.81. The van der Waals surface area contributed by atoms with E-state index in [9.17, 15) is 0 Å². The summed E-state index contributed by atoms with van der Waals surface area (Å²) in [6, 6.07) is 10.0. The molecule has 0 amide bonds. The van der Waals surface area contributed by atoms with Gasteiger partial charge < -0.3 is 0 Å². The summed E-state index contributed by atoms with van der Waals surface area (Å²) in [5.41, 5.74) is 0.962. The van der Waals surface area contributed by atoms with Crippen LogP contribution in [0, 0.1) is 0 Å². The summed E-state index contributed by atoms with van der Waals surface area (Å²) in [4.78, 5) is 4.29. The fourth-order valence-corrected chi connectivity index (χ4v) is 1.74. The summed E-state index contributed by atoms with van der Waals surface area (Å²) in [6.45, 7) is 3.68. The van der Waals surface area contributed by atoms with Gasteiger partial charge in [-0.15, -0.1) is 6.58 Å². The van der Waals surface area contributed by atoms with Gasteiger partial charge in [0.1, 0.15) is 5.15 Å². The van der Waals surface area contributed by atoms with Crippen LogP contribution in [-0.4, -0.2) is 4.98 Å². The topological polar surface area (TPSA) is 12.9 Å². The van der Waals surface area contributed by atoms with Gasteiger partial charge in [0.05, 0.1) is 0 Å². The van der Waals surface area contributed by atoms with Crippen LogP contribution < -0.4 is 0 Å². The number of fused-ring (bicyclic) bond motifs is 1. The van der Waals surface area contributed by atoms with Crippen molar-refractivity contribution < 1.29 is 0 Å². The van der Waals surface area contributed by atoms with Crippen molar-refractivity contribution in [1.29, 1.82) is 0 Å². The Labute approximate surface area is 88.0 Å². The van der Waals surface area contributed by atoms with Crippen molar-refractivity contribution in [1.82, 2.24) is 4.98 Å². The number of allylic oxidation sites excluding steroid dienone is 1. The highest BCUT2D eigenvalue weighted by Crippen LogP contribution is 2.22. The lowest BCUT2D eigenvalue weighted by Gasteiger charge is -2.02. The standard InChI is InChI=1S/C12H10ClN/c1-2-5-10-8-9-6-3-4-7-11(9)12(13)14-10/h2-4,6-8H,1,5H2. The summed E-state index contributed by atoms with van der Waals surface area (Å²) in [7, 11) is 0. The lowest BCUT2D eigenvalue weighted by atomic mass is 10.1. The van der Waals surface area contributed by atoms with E-state index in [1.165, 1.54) is 0 Å². The molecule has 0 saturated carbocycles. The summed E-state index contributed by atoms with van der Waals surface area (Å²) in [6.07, 6.45) is 2.58. The van der Waals surface area contributed by atoms with E-state index in [2.05, 4.69) is 11.6 Å². The molecule has 0 aliphatic rings. The third-order valence-corrected chi connectivity index (χ3v) is 2.39. The number of nitrogens with zero attached hydrogens (tertiary/aromatic N) is 1. The van der Waals surface area contributed by atoms with Crippen molar-refractivity contribution >= 4 is 22.4 Å². The average molecular weight is 204 g/mol. The van der Waals surface area contributed by atoms with Crippen LogP contribution in [0.3, 0.4) is 0 Å². The molecule has 0 bridgehead atoms.